The second-order valence-corrected chi connectivity index (χ2v) is 6.98. The van der Waals surface area contributed by atoms with E-state index < -0.39 is 0 Å². The van der Waals surface area contributed by atoms with Crippen LogP contribution in [-0.2, 0) is 4.79 Å². The van der Waals surface area contributed by atoms with E-state index in [0.29, 0.717) is 10.8 Å². The molecule has 0 aliphatic carbocycles. The second-order valence-electron chi connectivity index (χ2n) is 5.65. The molecule has 1 N–H and O–H groups in total. The van der Waals surface area contributed by atoms with Gasteiger partial charge in [-0.3, -0.25) is 4.79 Å². The molecule has 1 heterocycles. The third-order valence-corrected chi connectivity index (χ3v) is 4.66. The van der Waals surface area contributed by atoms with Crippen LogP contribution in [0, 0.1) is 0 Å². The first-order valence-electron chi connectivity index (χ1n) is 7.84. The fourth-order valence-corrected chi connectivity index (χ4v) is 3.39. The van der Waals surface area contributed by atoms with Crippen LogP contribution in [0.2, 0.25) is 5.02 Å². The molecule has 2 aromatic rings. The Kier molecular flexibility index (Phi) is 5.63. The molecule has 6 heteroatoms. The normalized spacial score (nSPS) is 13.8. The third kappa shape index (κ3) is 4.42. The highest BCUT2D eigenvalue weighted by atomic mass is 79.9. The van der Waals surface area contributed by atoms with Crippen LogP contribution in [-0.4, -0.2) is 25.6 Å². The van der Waals surface area contributed by atoms with Crippen molar-refractivity contribution in [2.45, 2.75) is 12.8 Å². The Morgan fingerprint density at radius 1 is 1.17 bits per heavy atom. The van der Waals surface area contributed by atoms with Gasteiger partial charge in [-0.15, -0.1) is 0 Å². The maximum atomic E-state index is 12.0. The summed E-state index contributed by atoms with van der Waals surface area (Å²) in [5.41, 5.74) is 1.96. The summed E-state index contributed by atoms with van der Waals surface area (Å²) < 4.78 is 6.32. The van der Waals surface area contributed by atoms with Gasteiger partial charge in [-0.2, -0.15) is 0 Å². The molecule has 24 heavy (non-hydrogen) atoms. The molecule has 0 saturated carbocycles. The maximum absolute atomic E-state index is 12.0. The number of nitrogens with one attached hydrogen (secondary N) is 1. The van der Waals surface area contributed by atoms with Crippen molar-refractivity contribution < 1.29 is 9.53 Å². The van der Waals surface area contributed by atoms with Gasteiger partial charge in [0.25, 0.3) is 5.91 Å². The monoisotopic (exact) mass is 408 g/mol. The fraction of sp³-hybridized carbons (Fsp3) is 0.278. The maximum Gasteiger partial charge on any atom is 0.262 e. The lowest BCUT2D eigenvalue weighted by atomic mass is 10.2. The quantitative estimate of drug-likeness (QED) is 0.777. The average molecular weight is 410 g/mol. The van der Waals surface area contributed by atoms with E-state index in [2.05, 4.69) is 26.1 Å². The number of benzene rings is 2. The minimum Gasteiger partial charge on any atom is -0.482 e. The number of carbonyl (C=O) groups excluding carboxylic acids is 1. The van der Waals surface area contributed by atoms with Gasteiger partial charge in [0.05, 0.1) is 5.02 Å². The summed E-state index contributed by atoms with van der Waals surface area (Å²) >= 11 is 9.39. The van der Waals surface area contributed by atoms with Crippen LogP contribution in [0.4, 0.5) is 11.4 Å². The molecule has 0 unspecified atom stereocenters. The lowest BCUT2D eigenvalue weighted by Crippen LogP contribution is -2.20. The number of amides is 1. The Balaban J connectivity index is 1.52. The van der Waals surface area contributed by atoms with Gasteiger partial charge in [-0.1, -0.05) is 27.5 Å². The molecule has 1 amide bonds. The van der Waals surface area contributed by atoms with Crippen LogP contribution >= 0.6 is 27.5 Å². The van der Waals surface area contributed by atoms with Gasteiger partial charge in [0.15, 0.2) is 6.61 Å². The number of halogens is 2. The molecule has 1 aliphatic heterocycles. The number of carbonyl (C=O) groups is 1. The smallest absolute Gasteiger partial charge is 0.262 e. The van der Waals surface area contributed by atoms with Gasteiger partial charge < -0.3 is 15.0 Å². The highest BCUT2D eigenvalue weighted by Gasteiger charge is 2.12. The van der Waals surface area contributed by atoms with Gasteiger partial charge >= 0.3 is 0 Å². The molecule has 0 radical (unpaired) electrons. The molecule has 2 aromatic carbocycles. The summed E-state index contributed by atoms with van der Waals surface area (Å²) in [6.07, 6.45) is 2.49. The Bertz CT molecular complexity index is 715. The lowest BCUT2D eigenvalue weighted by Gasteiger charge is -2.17. The molecule has 0 spiro atoms. The SMILES string of the molecule is O=C(COc1ccc(Br)cc1Cl)Nc1ccc(N2CCCC2)cc1. The minimum atomic E-state index is -0.220. The Labute approximate surface area is 154 Å². The van der Waals surface area contributed by atoms with Crippen molar-refractivity contribution in [2.75, 3.05) is 29.9 Å². The van der Waals surface area contributed by atoms with E-state index in [1.54, 1.807) is 12.1 Å². The average Bonchev–Trinajstić information content (AvgIpc) is 3.09. The fourth-order valence-electron chi connectivity index (χ4n) is 2.66. The predicted molar refractivity (Wildman–Crippen MR) is 101 cm³/mol. The van der Waals surface area contributed by atoms with Crippen LogP contribution in [0.3, 0.4) is 0 Å². The zero-order valence-electron chi connectivity index (χ0n) is 13.1. The molecule has 0 bridgehead atoms. The van der Waals surface area contributed by atoms with Crippen molar-refractivity contribution in [3.05, 3.63) is 52.0 Å². The number of anilines is 2. The van der Waals surface area contributed by atoms with Crippen LogP contribution in [0.25, 0.3) is 0 Å². The molecule has 126 valence electrons. The van der Waals surface area contributed by atoms with E-state index in [9.17, 15) is 4.79 Å². The highest BCUT2D eigenvalue weighted by molar-refractivity contribution is 9.10. The van der Waals surface area contributed by atoms with Crippen molar-refractivity contribution >= 4 is 44.8 Å². The van der Waals surface area contributed by atoms with E-state index in [0.717, 1.165) is 23.2 Å². The van der Waals surface area contributed by atoms with Gasteiger partial charge in [0, 0.05) is 28.9 Å². The van der Waals surface area contributed by atoms with E-state index >= 15 is 0 Å². The first-order valence-corrected chi connectivity index (χ1v) is 9.01. The van der Waals surface area contributed by atoms with E-state index in [1.807, 2.05) is 30.3 Å². The first kappa shape index (κ1) is 17.1. The Morgan fingerprint density at radius 3 is 2.54 bits per heavy atom. The molecular formula is C18H18BrClN2O2. The zero-order chi connectivity index (χ0) is 16.9. The molecule has 4 nitrogen and oxygen atoms in total. The molecule has 1 aliphatic rings. The van der Waals surface area contributed by atoms with Crippen molar-refractivity contribution in [2.24, 2.45) is 0 Å². The number of rotatable bonds is 5. The number of nitrogens with zero attached hydrogens (tertiary/aromatic N) is 1. The summed E-state index contributed by atoms with van der Waals surface area (Å²) in [7, 11) is 0. The zero-order valence-corrected chi connectivity index (χ0v) is 15.4. The minimum absolute atomic E-state index is 0.0881. The predicted octanol–water partition coefficient (Wildman–Crippen LogP) is 4.72. The number of ether oxygens (including phenoxy) is 1. The highest BCUT2D eigenvalue weighted by Crippen LogP contribution is 2.27. The standard InChI is InChI=1S/C18H18BrClN2O2/c19-13-3-8-17(16(20)11-13)24-12-18(23)21-14-4-6-15(7-5-14)22-9-1-2-10-22/h3-8,11H,1-2,9-10,12H2,(H,21,23). The molecule has 0 atom stereocenters. The van der Waals surface area contributed by atoms with Gasteiger partial charge in [0.1, 0.15) is 5.75 Å². The van der Waals surface area contributed by atoms with E-state index in [-0.39, 0.29) is 12.5 Å². The first-order chi connectivity index (χ1) is 11.6. The lowest BCUT2D eigenvalue weighted by molar-refractivity contribution is -0.118. The summed E-state index contributed by atoms with van der Waals surface area (Å²) in [6, 6.07) is 13.2. The summed E-state index contributed by atoms with van der Waals surface area (Å²) in [5.74, 6) is 0.266. The largest absolute Gasteiger partial charge is 0.482 e. The van der Waals surface area contributed by atoms with Crippen LogP contribution in [0.1, 0.15) is 12.8 Å². The Morgan fingerprint density at radius 2 is 1.88 bits per heavy atom. The molecule has 1 fully saturated rings. The van der Waals surface area contributed by atoms with Gasteiger partial charge in [-0.05, 0) is 55.3 Å². The molecule has 3 rings (SSSR count). The van der Waals surface area contributed by atoms with Crippen LogP contribution in [0.15, 0.2) is 46.9 Å². The van der Waals surface area contributed by atoms with Crippen molar-refractivity contribution in [1.29, 1.82) is 0 Å². The topological polar surface area (TPSA) is 41.6 Å². The van der Waals surface area contributed by atoms with Crippen LogP contribution < -0.4 is 15.0 Å². The summed E-state index contributed by atoms with van der Waals surface area (Å²) in [6.45, 7) is 2.12. The number of hydrogen-bond acceptors (Lipinski definition) is 3. The second kappa shape index (κ2) is 7.90. The Hall–Kier alpha value is -1.72. The summed E-state index contributed by atoms with van der Waals surface area (Å²) in [5, 5.41) is 3.29. The van der Waals surface area contributed by atoms with Gasteiger partial charge in [0.2, 0.25) is 0 Å². The van der Waals surface area contributed by atoms with Crippen molar-refractivity contribution in [3.63, 3.8) is 0 Å². The number of hydrogen-bond donors (Lipinski definition) is 1. The molecule has 0 aromatic heterocycles. The van der Waals surface area contributed by atoms with Crippen molar-refractivity contribution in [1.82, 2.24) is 0 Å². The van der Waals surface area contributed by atoms with E-state index in [4.69, 9.17) is 16.3 Å². The molecular weight excluding hydrogens is 392 g/mol. The third-order valence-electron chi connectivity index (χ3n) is 3.87. The van der Waals surface area contributed by atoms with Gasteiger partial charge in [-0.25, -0.2) is 0 Å². The van der Waals surface area contributed by atoms with Crippen molar-refractivity contribution in [3.8, 4) is 5.75 Å². The summed E-state index contributed by atoms with van der Waals surface area (Å²) in [4.78, 5) is 14.4. The van der Waals surface area contributed by atoms with Crippen LogP contribution in [0.5, 0.6) is 5.75 Å². The van der Waals surface area contributed by atoms with E-state index in [1.165, 1.54) is 18.5 Å². The molecule has 1 saturated heterocycles.